The van der Waals surface area contributed by atoms with E-state index >= 15 is 0 Å². The summed E-state index contributed by atoms with van der Waals surface area (Å²) in [4.78, 5) is 15.5. The number of pyridine rings is 1. The number of aliphatic hydroxyl groups excluding tert-OH is 1. The second-order valence-electron chi connectivity index (χ2n) is 3.84. The molecule has 0 aromatic carbocycles. The summed E-state index contributed by atoms with van der Waals surface area (Å²) in [6.45, 7) is 3.64. The van der Waals surface area contributed by atoms with Gasteiger partial charge in [-0.1, -0.05) is 13.8 Å². The first kappa shape index (κ1) is 12.3. The molecule has 3 nitrogen and oxygen atoms in total. The highest BCUT2D eigenvalue weighted by atomic mass is 79.9. The van der Waals surface area contributed by atoms with Gasteiger partial charge in [0.05, 0.1) is 0 Å². The van der Waals surface area contributed by atoms with Gasteiger partial charge in [0.15, 0.2) is 5.78 Å². The fraction of sp³-hybridized carbons (Fsp3) is 0.455. The minimum Gasteiger partial charge on any atom is -0.385 e. The van der Waals surface area contributed by atoms with Crippen LogP contribution in [0.4, 0.5) is 0 Å². The second kappa shape index (κ2) is 5.37. The maximum Gasteiger partial charge on any atom is 0.165 e. The summed E-state index contributed by atoms with van der Waals surface area (Å²) in [6.07, 6.45) is 2.64. The number of nitrogens with zero attached hydrogens (tertiary/aromatic N) is 1. The molecule has 0 fully saturated rings. The van der Waals surface area contributed by atoms with Crippen LogP contribution in [0.5, 0.6) is 0 Å². The molecule has 1 heterocycles. The number of hydrogen-bond donors (Lipinski definition) is 1. The second-order valence-corrected chi connectivity index (χ2v) is 4.76. The van der Waals surface area contributed by atoms with Crippen molar-refractivity contribution in [2.45, 2.75) is 26.4 Å². The molecule has 1 aromatic heterocycles. The van der Waals surface area contributed by atoms with Crippen molar-refractivity contribution in [2.24, 2.45) is 5.92 Å². The number of hydrogen-bond acceptors (Lipinski definition) is 3. The molecule has 0 saturated carbocycles. The van der Waals surface area contributed by atoms with Crippen molar-refractivity contribution in [3.63, 3.8) is 0 Å². The number of carbonyl (C=O) groups excluding carboxylic acids is 1. The van der Waals surface area contributed by atoms with Gasteiger partial charge in [-0.25, -0.2) is 0 Å². The lowest BCUT2D eigenvalue weighted by Crippen LogP contribution is -2.27. The number of halogens is 1. The van der Waals surface area contributed by atoms with Gasteiger partial charge in [-0.3, -0.25) is 9.78 Å². The summed E-state index contributed by atoms with van der Waals surface area (Å²) in [5.41, 5.74) is 0.814. The molecule has 15 heavy (non-hydrogen) atoms. The molecule has 0 saturated heterocycles. The van der Waals surface area contributed by atoms with E-state index in [9.17, 15) is 9.90 Å². The Morgan fingerprint density at radius 1 is 1.53 bits per heavy atom. The first-order valence-corrected chi connectivity index (χ1v) is 5.60. The fourth-order valence-electron chi connectivity index (χ4n) is 1.23. The normalized spacial score (nSPS) is 12.9. The Kier molecular flexibility index (Phi) is 4.42. The molecular weight excluding hydrogens is 258 g/mol. The molecule has 0 aliphatic carbocycles. The number of aliphatic hydroxyl groups is 1. The molecule has 1 aromatic rings. The largest absolute Gasteiger partial charge is 0.385 e. The number of aromatic nitrogens is 1. The zero-order chi connectivity index (χ0) is 11.4. The molecule has 0 spiro atoms. The summed E-state index contributed by atoms with van der Waals surface area (Å²) in [5.74, 6) is -0.206. The highest BCUT2D eigenvalue weighted by Crippen LogP contribution is 2.12. The van der Waals surface area contributed by atoms with Crippen molar-refractivity contribution >= 4 is 21.7 Å². The summed E-state index contributed by atoms with van der Waals surface area (Å²) in [5, 5.41) is 9.54. The molecule has 1 rings (SSSR count). The molecule has 1 unspecified atom stereocenters. The fourth-order valence-corrected chi connectivity index (χ4v) is 1.64. The van der Waals surface area contributed by atoms with Crippen LogP contribution < -0.4 is 0 Å². The van der Waals surface area contributed by atoms with Gasteiger partial charge in [-0.05, 0) is 33.5 Å². The van der Waals surface area contributed by atoms with Crippen molar-refractivity contribution in [1.82, 2.24) is 4.98 Å². The average Bonchev–Trinajstić information content (AvgIpc) is 2.16. The Hall–Kier alpha value is -0.740. The summed E-state index contributed by atoms with van der Waals surface area (Å²) in [7, 11) is 0. The molecule has 1 N–H and O–H groups in total. The molecule has 4 heteroatoms. The van der Waals surface area contributed by atoms with Gasteiger partial charge in [0.2, 0.25) is 0 Å². The van der Waals surface area contributed by atoms with Crippen molar-refractivity contribution in [3.05, 3.63) is 28.5 Å². The number of rotatable bonds is 4. The van der Waals surface area contributed by atoms with Gasteiger partial charge in [0.25, 0.3) is 0 Å². The van der Waals surface area contributed by atoms with E-state index in [0.29, 0.717) is 0 Å². The molecule has 0 amide bonds. The van der Waals surface area contributed by atoms with Crippen LogP contribution in [-0.4, -0.2) is 22.0 Å². The maximum absolute atomic E-state index is 11.6. The Balaban J connectivity index is 2.66. The summed E-state index contributed by atoms with van der Waals surface area (Å²) >= 11 is 3.28. The van der Waals surface area contributed by atoms with Gasteiger partial charge in [-0.2, -0.15) is 0 Å². The van der Waals surface area contributed by atoms with Gasteiger partial charge < -0.3 is 5.11 Å². The van der Waals surface area contributed by atoms with Crippen LogP contribution in [0.2, 0.25) is 0 Å². The standard InChI is InChI=1S/C11H14BrNO2/c1-7(2)11(15)10(14)4-8-3-9(12)6-13-5-8/h3,5-7,11,15H,4H2,1-2H3. The van der Waals surface area contributed by atoms with Crippen LogP contribution in [0.1, 0.15) is 19.4 Å². The Morgan fingerprint density at radius 2 is 2.20 bits per heavy atom. The molecule has 0 bridgehead atoms. The number of Topliss-reactive ketones (excluding diaryl/α,β-unsaturated/α-hetero) is 1. The summed E-state index contributed by atoms with van der Waals surface area (Å²) in [6, 6.07) is 1.83. The first-order valence-electron chi connectivity index (χ1n) is 4.81. The first-order chi connectivity index (χ1) is 7.00. The monoisotopic (exact) mass is 271 g/mol. The van der Waals surface area contributed by atoms with E-state index in [-0.39, 0.29) is 18.1 Å². The predicted octanol–water partition coefficient (Wildman–Crippen LogP) is 1.97. The lowest BCUT2D eigenvalue weighted by molar-refractivity contribution is -0.128. The Labute approximate surface area is 97.7 Å². The molecule has 0 radical (unpaired) electrons. The third-order valence-electron chi connectivity index (χ3n) is 2.10. The minimum atomic E-state index is -0.885. The zero-order valence-electron chi connectivity index (χ0n) is 8.77. The molecular formula is C11H14BrNO2. The highest BCUT2D eigenvalue weighted by molar-refractivity contribution is 9.10. The topological polar surface area (TPSA) is 50.2 Å². The molecule has 0 aliphatic rings. The van der Waals surface area contributed by atoms with Crippen LogP contribution in [0, 0.1) is 5.92 Å². The van der Waals surface area contributed by atoms with E-state index in [1.54, 1.807) is 12.4 Å². The highest BCUT2D eigenvalue weighted by Gasteiger charge is 2.18. The van der Waals surface area contributed by atoms with Crippen LogP contribution in [0.15, 0.2) is 22.9 Å². The quantitative estimate of drug-likeness (QED) is 0.911. The predicted molar refractivity (Wildman–Crippen MR) is 61.5 cm³/mol. The average molecular weight is 272 g/mol. The number of carbonyl (C=O) groups is 1. The minimum absolute atomic E-state index is 0.0439. The van der Waals surface area contributed by atoms with Crippen LogP contribution in [0.25, 0.3) is 0 Å². The van der Waals surface area contributed by atoms with Gasteiger partial charge >= 0.3 is 0 Å². The Bertz CT molecular complexity index is 352. The van der Waals surface area contributed by atoms with Crippen molar-refractivity contribution in [1.29, 1.82) is 0 Å². The van der Waals surface area contributed by atoms with Crippen molar-refractivity contribution < 1.29 is 9.90 Å². The maximum atomic E-state index is 11.6. The summed E-state index contributed by atoms with van der Waals surface area (Å²) < 4.78 is 0.840. The van der Waals surface area contributed by atoms with E-state index in [0.717, 1.165) is 10.0 Å². The van der Waals surface area contributed by atoms with Crippen LogP contribution in [-0.2, 0) is 11.2 Å². The van der Waals surface area contributed by atoms with E-state index < -0.39 is 6.10 Å². The van der Waals surface area contributed by atoms with Gasteiger partial charge in [0.1, 0.15) is 6.10 Å². The van der Waals surface area contributed by atoms with E-state index in [2.05, 4.69) is 20.9 Å². The van der Waals surface area contributed by atoms with E-state index in [1.807, 2.05) is 19.9 Å². The third kappa shape index (κ3) is 3.72. The van der Waals surface area contributed by atoms with E-state index in [4.69, 9.17) is 0 Å². The molecule has 82 valence electrons. The SMILES string of the molecule is CC(C)C(O)C(=O)Cc1cncc(Br)c1. The van der Waals surface area contributed by atoms with Crippen LogP contribution >= 0.6 is 15.9 Å². The molecule has 1 atom stereocenters. The smallest absolute Gasteiger partial charge is 0.165 e. The lowest BCUT2D eigenvalue weighted by atomic mass is 9.99. The zero-order valence-corrected chi connectivity index (χ0v) is 10.4. The van der Waals surface area contributed by atoms with Crippen molar-refractivity contribution in [3.8, 4) is 0 Å². The van der Waals surface area contributed by atoms with Gasteiger partial charge in [-0.15, -0.1) is 0 Å². The molecule has 0 aliphatic heterocycles. The Morgan fingerprint density at radius 3 is 2.73 bits per heavy atom. The van der Waals surface area contributed by atoms with Gasteiger partial charge in [0, 0.05) is 23.3 Å². The number of ketones is 1. The van der Waals surface area contributed by atoms with Crippen molar-refractivity contribution in [2.75, 3.05) is 0 Å². The van der Waals surface area contributed by atoms with Crippen LogP contribution in [0.3, 0.4) is 0 Å². The third-order valence-corrected chi connectivity index (χ3v) is 2.53. The lowest BCUT2D eigenvalue weighted by Gasteiger charge is -2.12. The van der Waals surface area contributed by atoms with E-state index in [1.165, 1.54) is 0 Å².